The quantitative estimate of drug-likeness (QED) is 0.419. The van der Waals surface area contributed by atoms with Gasteiger partial charge in [-0.2, -0.15) is 0 Å². The molecule has 0 radical (unpaired) electrons. The molecule has 0 amide bonds. The van der Waals surface area contributed by atoms with Crippen molar-refractivity contribution in [1.82, 2.24) is 9.88 Å². The number of carbonyl (C=O) groups is 2. The number of hydrogen-bond donors (Lipinski definition) is 1. The molecule has 3 aliphatic rings. The Morgan fingerprint density at radius 1 is 1.00 bits per heavy atom. The van der Waals surface area contributed by atoms with Gasteiger partial charge in [-0.15, -0.1) is 0 Å². The molecule has 6 atom stereocenters. The summed E-state index contributed by atoms with van der Waals surface area (Å²) < 4.78 is 28.3. The van der Waals surface area contributed by atoms with Gasteiger partial charge in [0.25, 0.3) is 0 Å². The Bertz CT molecular complexity index is 1510. The van der Waals surface area contributed by atoms with E-state index in [-0.39, 0.29) is 23.8 Å². The van der Waals surface area contributed by atoms with Gasteiger partial charge in [0.15, 0.2) is 11.5 Å². The fourth-order valence-corrected chi connectivity index (χ4v) is 7.84. The van der Waals surface area contributed by atoms with E-state index >= 15 is 0 Å². The first-order valence-corrected chi connectivity index (χ1v) is 14.7. The molecule has 1 aromatic heterocycles. The van der Waals surface area contributed by atoms with Gasteiger partial charge in [-0.1, -0.05) is 12.1 Å². The summed E-state index contributed by atoms with van der Waals surface area (Å²) in [6, 6.07) is 10.1. The Morgan fingerprint density at radius 3 is 2.52 bits per heavy atom. The third kappa shape index (κ3) is 4.72. The first-order valence-electron chi connectivity index (χ1n) is 14.7. The van der Waals surface area contributed by atoms with E-state index in [1.165, 1.54) is 41.9 Å². The van der Waals surface area contributed by atoms with Crippen LogP contribution in [-0.2, 0) is 25.4 Å². The molecule has 1 saturated heterocycles. The van der Waals surface area contributed by atoms with E-state index in [1.54, 1.807) is 26.4 Å². The summed E-state index contributed by atoms with van der Waals surface area (Å²) in [7, 11) is 6.09. The van der Waals surface area contributed by atoms with Crippen LogP contribution in [0.25, 0.3) is 10.9 Å². The third-order valence-corrected chi connectivity index (χ3v) is 9.71. The maximum absolute atomic E-state index is 13.5. The van der Waals surface area contributed by atoms with Gasteiger partial charge in [0.05, 0.1) is 38.9 Å². The van der Waals surface area contributed by atoms with Crippen LogP contribution in [0.5, 0.6) is 11.5 Å². The van der Waals surface area contributed by atoms with Crippen molar-refractivity contribution in [3.05, 3.63) is 58.3 Å². The van der Waals surface area contributed by atoms with Crippen LogP contribution >= 0.6 is 0 Å². The van der Waals surface area contributed by atoms with E-state index in [4.69, 9.17) is 23.7 Å². The maximum Gasteiger partial charge on any atom is 0.338 e. The van der Waals surface area contributed by atoms with E-state index in [0.29, 0.717) is 23.5 Å². The Kier molecular flexibility index (Phi) is 7.66. The largest absolute Gasteiger partial charge is 0.493 e. The lowest BCUT2D eigenvalue weighted by molar-refractivity contribution is -0.176. The number of aromatic nitrogens is 1. The van der Waals surface area contributed by atoms with Gasteiger partial charge < -0.3 is 28.7 Å². The Morgan fingerprint density at radius 2 is 1.81 bits per heavy atom. The van der Waals surface area contributed by atoms with Gasteiger partial charge in [-0.25, -0.2) is 4.79 Å². The highest BCUT2D eigenvalue weighted by molar-refractivity contribution is 5.91. The number of aromatic amines is 1. The number of piperidine rings is 1. The van der Waals surface area contributed by atoms with Crippen LogP contribution in [0.3, 0.4) is 0 Å². The molecule has 224 valence electrons. The van der Waals surface area contributed by atoms with Gasteiger partial charge >= 0.3 is 11.9 Å². The fraction of sp³-hybridized carbons (Fsp3) is 0.515. The number of carbonyl (C=O) groups excluding carboxylic acids is 2. The van der Waals surface area contributed by atoms with Crippen molar-refractivity contribution in [3.63, 3.8) is 0 Å². The molecule has 1 N–H and O–H groups in total. The molecule has 1 saturated carbocycles. The van der Waals surface area contributed by atoms with Crippen molar-refractivity contribution in [3.8, 4) is 11.5 Å². The summed E-state index contributed by atoms with van der Waals surface area (Å²) in [6.45, 7) is 5.73. The molecule has 3 aromatic rings. The number of rotatable bonds is 6. The summed E-state index contributed by atoms with van der Waals surface area (Å²) in [6.07, 6.45) is 1.16. The normalized spacial score (nSPS) is 27.0. The lowest BCUT2D eigenvalue weighted by Gasteiger charge is -2.52. The van der Waals surface area contributed by atoms with Crippen LogP contribution < -0.4 is 9.47 Å². The minimum absolute atomic E-state index is 0.0287. The van der Waals surface area contributed by atoms with Crippen molar-refractivity contribution in [2.75, 3.05) is 41.5 Å². The summed E-state index contributed by atoms with van der Waals surface area (Å²) in [4.78, 5) is 33.1. The summed E-state index contributed by atoms with van der Waals surface area (Å²) in [5.41, 5.74) is 6.16. The molecule has 0 unspecified atom stereocenters. The predicted molar refractivity (Wildman–Crippen MR) is 157 cm³/mol. The Balaban J connectivity index is 1.29. The predicted octanol–water partition coefficient (Wildman–Crippen LogP) is 4.77. The van der Waals surface area contributed by atoms with Crippen LogP contribution in [0, 0.1) is 31.6 Å². The molecule has 3 heterocycles. The second kappa shape index (κ2) is 11.3. The molecule has 2 aromatic carbocycles. The summed E-state index contributed by atoms with van der Waals surface area (Å²) in [5.74, 6) is -0.159. The molecular weight excluding hydrogens is 536 g/mol. The summed E-state index contributed by atoms with van der Waals surface area (Å²) in [5, 5.41) is 1.29. The average Bonchev–Trinajstić information content (AvgIpc) is 3.36. The topological polar surface area (TPSA) is 99.3 Å². The lowest BCUT2D eigenvalue weighted by Crippen LogP contribution is -2.58. The zero-order valence-electron chi connectivity index (χ0n) is 25.2. The van der Waals surface area contributed by atoms with E-state index in [0.717, 1.165) is 31.5 Å². The van der Waals surface area contributed by atoms with Crippen molar-refractivity contribution in [1.29, 1.82) is 0 Å². The van der Waals surface area contributed by atoms with Crippen LogP contribution in [0.2, 0.25) is 0 Å². The maximum atomic E-state index is 13.5. The monoisotopic (exact) mass is 576 g/mol. The molecule has 0 spiro atoms. The molecule has 42 heavy (non-hydrogen) atoms. The van der Waals surface area contributed by atoms with Gasteiger partial charge in [-0.05, 0) is 79.8 Å². The molecular formula is C33H40N2O7. The standard InChI is InChI=1S/C33H40N2O7/c1-17-7-8-21-22-9-10-35-16-20-14-27(42-32(36)19-12-18(2)30(39-4)26(13-19)38-3)31(40-5)28(33(37)41-6)23(20)15-25(35)29(22)34-24(21)11-17/h7-8,11-13,20,23,25,27-28,31,34H,9-10,14-16H2,1-6H3/t20-,23-,25-,27+,28-,31-/m0/s1. The van der Waals surface area contributed by atoms with Crippen molar-refractivity contribution in [2.24, 2.45) is 17.8 Å². The third-order valence-electron chi connectivity index (χ3n) is 9.71. The number of fused-ring (bicyclic) bond motifs is 6. The molecule has 9 heteroatoms. The van der Waals surface area contributed by atoms with E-state index < -0.39 is 24.1 Å². The summed E-state index contributed by atoms with van der Waals surface area (Å²) >= 11 is 0. The van der Waals surface area contributed by atoms with Gasteiger partial charge in [-0.3, -0.25) is 9.69 Å². The smallest absolute Gasteiger partial charge is 0.338 e. The van der Waals surface area contributed by atoms with E-state index in [1.807, 2.05) is 6.92 Å². The highest BCUT2D eigenvalue weighted by atomic mass is 16.6. The molecule has 6 rings (SSSR count). The second-order valence-electron chi connectivity index (χ2n) is 11.9. The number of benzene rings is 2. The van der Waals surface area contributed by atoms with E-state index in [9.17, 15) is 9.59 Å². The number of esters is 2. The number of hydrogen-bond acceptors (Lipinski definition) is 8. The highest BCUT2D eigenvalue weighted by Crippen LogP contribution is 2.50. The molecule has 2 fully saturated rings. The minimum atomic E-state index is -0.621. The van der Waals surface area contributed by atoms with Gasteiger partial charge in [0.2, 0.25) is 0 Å². The number of methoxy groups -OCH3 is 4. The van der Waals surface area contributed by atoms with Crippen LogP contribution in [0.1, 0.15) is 51.6 Å². The number of aryl methyl sites for hydroxylation is 2. The molecule has 9 nitrogen and oxygen atoms in total. The Hall–Kier alpha value is -3.56. The van der Waals surface area contributed by atoms with Crippen molar-refractivity contribution in [2.45, 2.75) is 51.4 Å². The van der Waals surface area contributed by atoms with Gasteiger partial charge in [0, 0.05) is 36.8 Å². The minimum Gasteiger partial charge on any atom is -0.493 e. The number of H-pyrrole nitrogens is 1. The fourth-order valence-electron chi connectivity index (χ4n) is 7.84. The molecule has 2 aliphatic heterocycles. The van der Waals surface area contributed by atoms with Crippen molar-refractivity contribution >= 4 is 22.8 Å². The zero-order chi connectivity index (χ0) is 29.7. The SMILES string of the molecule is COC(=O)[C@H]1[C@H]2C[C@H]3c4[nH]c5cc(C)ccc5c4CCN3C[C@@H]2C[C@@H](OC(=O)c2cc(C)c(OC)c(OC)c2)[C@@H]1OC. The first-order chi connectivity index (χ1) is 20.3. The number of ether oxygens (including phenoxy) is 5. The van der Waals surface area contributed by atoms with Crippen LogP contribution in [0.4, 0.5) is 0 Å². The lowest BCUT2D eigenvalue weighted by atomic mass is 9.63. The second-order valence-corrected chi connectivity index (χ2v) is 11.9. The Labute approximate surface area is 246 Å². The average molecular weight is 577 g/mol. The highest BCUT2D eigenvalue weighted by Gasteiger charge is 2.54. The molecule has 0 bridgehead atoms. The van der Waals surface area contributed by atoms with Crippen LogP contribution in [0.15, 0.2) is 30.3 Å². The number of nitrogens with one attached hydrogen (secondary N) is 1. The molecule has 1 aliphatic carbocycles. The van der Waals surface area contributed by atoms with E-state index in [2.05, 4.69) is 35.0 Å². The number of nitrogens with zero attached hydrogens (tertiary/aromatic N) is 1. The van der Waals surface area contributed by atoms with Crippen molar-refractivity contribution < 1.29 is 33.3 Å². The van der Waals surface area contributed by atoms with Gasteiger partial charge in [0.1, 0.15) is 12.2 Å². The first kappa shape index (κ1) is 28.6. The van der Waals surface area contributed by atoms with Crippen LogP contribution in [-0.4, -0.2) is 75.6 Å². The zero-order valence-corrected chi connectivity index (χ0v) is 25.2.